The first-order chi connectivity index (χ1) is 6.58. The summed E-state index contributed by atoms with van der Waals surface area (Å²) in [4.78, 5) is 10.5. The molecule has 0 aromatic carbocycles. The summed E-state index contributed by atoms with van der Waals surface area (Å²) in [6.07, 6.45) is 0. The van der Waals surface area contributed by atoms with Crippen molar-refractivity contribution in [2.24, 2.45) is 0 Å². The third-order valence-corrected chi connectivity index (χ3v) is 2.04. The van der Waals surface area contributed by atoms with Crippen LogP contribution in [0.1, 0.15) is 18.4 Å². The molecule has 0 spiro atoms. The number of ether oxygens (including phenoxy) is 1. The maximum Gasteiger partial charge on any atom is 0.303 e. The van der Waals surface area contributed by atoms with E-state index in [2.05, 4.69) is 5.87 Å². The van der Waals surface area contributed by atoms with E-state index in [1.54, 1.807) is 12.1 Å². The minimum absolute atomic E-state index is 0. The Morgan fingerprint density at radius 3 is 2.67 bits per heavy atom. The van der Waals surface area contributed by atoms with Crippen LogP contribution in [0.4, 0.5) is 0 Å². The molecule has 1 heterocycles. The average Bonchev–Trinajstić information content (AvgIpc) is 2.47. The normalized spacial score (nSPS) is 9.73. The molecule has 15 heavy (non-hydrogen) atoms. The number of esters is 1. The molecule has 0 atom stereocenters. The van der Waals surface area contributed by atoms with E-state index in [4.69, 9.17) is 9.15 Å². The molecule has 0 saturated heterocycles. The summed E-state index contributed by atoms with van der Waals surface area (Å²) in [5.41, 5.74) is 0. The smallest absolute Gasteiger partial charge is 0.303 e. The second-order valence-electron chi connectivity index (χ2n) is 2.73. The molecule has 0 amide bonds. The Labute approximate surface area is 114 Å². The van der Waals surface area contributed by atoms with Crippen LogP contribution in [0.3, 0.4) is 0 Å². The molecule has 0 radical (unpaired) electrons. The molecule has 6 heteroatoms. The first-order valence-electron chi connectivity index (χ1n) is 3.97. The standard InChI is InChI=1S/C9H11O4S.U/c1-7(10)12-5-8-3-4-9(13-8)6-14(2)11;/h3-4H,2,5-6H2,1H3;/q-1;. The molecular weight excluding hydrogens is 442 g/mol. The van der Waals surface area contributed by atoms with E-state index < -0.39 is 10.4 Å². The minimum Gasteiger partial charge on any atom is -0.464 e. The van der Waals surface area contributed by atoms with Crippen LogP contribution in [0.5, 0.6) is 0 Å². The molecule has 0 bridgehead atoms. The molecule has 0 aliphatic rings. The Bertz CT molecular complexity index is 387. The van der Waals surface area contributed by atoms with Crippen molar-refractivity contribution in [2.45, 2.75) is 19.3 Å². The summed E-state index contributed by atoms with van der Waals surface area (Å²) in [5, 5.41) is 0. The van der Waals surface area contributed by atoms with Gasteiger partial charge in [0.05, 0.1) is 5.76 Å². The van der Waals surface area contributed by atoms with E-state index in [-0.39, 0.29) is 49.4 Å². The molecule has 1 rings (SSSR count). The van der Waals surface area contributed by atoms with Crippen molar-refractivity contribution >= 4 is 22.2 Å². The molecule has 1 aromatic rings. The number of hydrogen-bond donors (Lipinski definition) is 0. The molecule has 82 valence electrons. The Hall–Kier alpha value is -0.178. The van der Waals surface area contributed by atoms with Gasteiger partial charge < -0.3 is 13.4 Å². The van der Waals surface area contributed by atoms with Gasteiger partial charge in [0.15, 0.2) is 0 Å². The quantitative estimate of drug-likeness (QED) is 0.391. The molecule has 0 unspecified atom stereocenters. The van der Waals surface area contributed by atoms with Gasteiger partial charge in [-0.15, -0.1) is 0 Å². The van der Waals surface area contributed by atoms with Crippen LogP contribution in [0.2, 0.25) is 0 Å². The van der Waals surface area contributed by atoms with Crippen molar-refractivity contribution in [3.05, 3.63) is 23.7 Å². The monoisotopic (exact) mass is 453 g/mol. The van der Waals surface area contributed by atoms with Crippen molar-refractivity contribution in [2.75, 3.05) is 0 Å². The predicted octanol–water partition coefficient (Wildman–Crippen LogP) is 1.24. The summed E-state index contributed by atoms with van der Waals surface area (Å²) >= 11 is 0. The number of carbonyl (C=O) groups excluding carboxylic acids is 1. The molecule has 0 fully saturated rings. The number of rotatable bonds is 4. The van der Waals surface area contributed by atoms with E-state index in [9.17, 15) is 9.00 Å². The zero-order valence-electron chi connectivity index (χ0n) is 8.32. The van der Waals surface area contributed by atoms with Crippen LogP contribution in [-0.2, 0) is 36.5 Å². The summed E-state index contributed by atoms with van der Waals surface area (Å²) in [7, 11) is -1.17. The van der Waals surface area contributed by atoms with Crippen molar-refractivity contribution < 1.29 is 49.3 Å². The van der Waals surface area contributed by atoms with E-state index >= 15 is 0 Å². The molecule has 0 aliphatic heterocycles. The predicted molar refractivity (Wildman–Crippen MR) is 53.1 cm³/mol. The average molecular weight is 453 g/mol. The Balaban J connectivity index is 0.00000196. The van der Waals surface area contributed by atoms with Gasteiger partial charge in [0.2, 0.25) is 0 Å². The van der Waals surface area contributed by atoms with E-state index in [0.29, 0.717) is 11.5 Å². The Morgan fingerprint density at radius 1 is 1.53 bits per heavy atom. The topological polar surface area (TPSA) is 56.5 Å². The van der Waals surface area contributed by atoms with E-state index in [1.165, 1.54) is 6.92 Å². The fraction of sp³-hybridized carbons (Fsp3) is 0.333. The van der Waals surface area contributed by atoms with Crippen molar-refractivity contribution in [3.8, 4) is 0 Å². The summed E-state index contributed by atoms with van der Waals surface area (Å²) < 4.78 is 20.7. The summed E-state index contributed by atoms with van der Waals surface area (Å²) in [6, 6.07) is 3.38. The van der Waals surface area contributed by atoms with Crippen LogP contribution >= 0.6 is 0 Å². The van der Waals surface area contributed by atoms with Gasteiger partial charge in [-0.25, -0.2) is 0 Å². The van der Waals surface area contributed by atoms with Crippen LogP contribution in [-0.4, -0.2) is 11.8 Å². The van der Waals surface area contributed by atoms with Crippen molar-refractivity contribution in [1.82, 2.24) is 0 Å². The second kappa shape index (κ2) is 7.15. The first-order valence-corrected chi connectivity index (χ1v) is 5.46. The Morgan fingerprint density at radius 2 is 2.13 bits per heavy atom. The van der Waals surface area contributed by atoms with Gasteiger partial charge in [-0.05, 0) is 17.9 Å². The van der Waals surface area contributed by atoms with Gasteiger partial charge >= 0.3 is 5.97 Å². The van der Waals surface area contributed by atoms with Gasteiger partial charge in [-0.3, -0.25) is 15.2 Å². The van der Waals surface area contributed by atoms with Crippen LogP contribution < -0.4 is 0 Å². The molecule has 0 saturated carbocycles. The van der Waals surface area contributed by atoms with E-state index in [1.807, 2.05) is 0 Å². The molecular formula is C9H11O4SU-. The van der Waals surface area contributed by atoms with Crippen molar-refractivity contribution in [3.63, 3.8) is 0 Å². The van der Waals surface area contributed by atoms with Crippen LogP contribution in [0.25, 0.3) is 0 Å². The Kier molecular flexibility index (Phi) is 7.07. The molecule has 0 N–H and O–H groups in total. The number of furan rings is 1. The summed E-state index contributed by atoms with van der Waals surface area (Å²) in [6.45, 7) is 1.44. The van der Waals surface area contributed by atoms with Gasteiger partial charge in [-0.2, -0.15) is 5.87 Å². The summed E-state index contributed by atoms with van der Waals surface area (Å²) in [5.74, 6) is 4.39. The molecule has 1 aromatic heterocycles. The molecule has 0 aliphatic carbocycles. The fourth-order valence-electron chi connectivity index (χ4n) is 0.909. The number of carbonyl (C=O) groups is 1. The van der Waals surface area contributed by atoms with Gasteiger partial charge in [0, 0.05) is 38.0 Å². The maximum absolute atomic E-state index is 10.7. The molecule has 4 nitrogen and oxygen atoms in total. The van der Waals surface area contributed by atoms with Crippen molar-refractivity contribution in [1.29, 1.82) is 0 Å². The van der Waals surface area contributed by atoms with Gasteiger partial charge in [0.1, 0.15) is 12.4 Å². The van der Waals surface area contributed by atoms with E-state index in [0.717, 1.165) is 0 Å². The third-order valence-electron chi connectivity index (χ3n) is 1.44. The second-order valence-corrected chi connectivity index (χ2v) is 3.90. The largest absolute Gasteiger partial charge is 0.464 e. The third kappa shape index (κ3) is 6.08. The van der Waals surface area contributed by atoms with Crippen LogP contribution in [0, 0.1) is 31.1 Å². The van der Waals surface area contributed by atoms with Gasteiger partial charge in [-0.1, -0.05) is 0 Å². The maximum atomic E-state index is 10.7. The first kappa shape index (κ1) is 14.8. The zero-order chi connectivity index (χ0) is 10.6. The zero-order valence-corrected chi connectivity index (χ0v) is 13.3. The van der Waals surface area contributed by atoms with Crippen LogP contribution in [0.15, 0.2) is 16.5 Å². The number of hydrogen-bond acceptors (Lipinski definition) is 5. The fourth-order valence-corrected chi connectivity index (χ4v) is 1.38. The minimum atomic E-state index is -1.17. The SMILES string of the molecule is C=[S-](=O)Cc1ccc(COC(C)=O)o1.[U]. The van der Waals surface area contributed by atoms with Gasteiger partial charge in [0.25, 0.3) is 0 Å².